The normalized spacial score (nSPS) is 18.6. The molecule has 1 aliphatic carbocycles. The Hall–Kier alpha value is -2.19. The second kappa shape index (κ2) is 5.96. The van der Waals surface area contributed by atoms with Crippen LogP contribution in [0.3, 0.4) is 0 Å². The Bertz CT molecular complexity index is 1000. The number of hydrogen-bond donors (Lipinski definition) is 2. The van der Waals surface area contributed by atoms with Gasteiger partial charge in [-0.05, 0) is 43.9 Å². The smallest absolute Gasteiger partial charge is 0.252 e. The molecule has 4 rings (SSSR count). The van der Waals surface area contributed by atoms with Crippen LogP contribution in [0.2, 0.25) is 0 Å². The van der Waals surface area contributed by atoms with Crippen LogP contribution in [0.5, 0.6) is 0 Å². The van der Waals surface area contributed by atoms with Gasteiger partial charge in [0.05, 0.1) is 10.5 Å². The van der Waals surface area contributed by atoms with Gasteiger partial charge in [-0.25, -0.2) is 8.42 Å². The number of pyridine rings is 1. The molecule has 1 aliphatic heterocycles. The Morgan fingerprint density at radius 1 is 1.16 bits per heavy atom. The van der Waals surface area contributed by atoms with Crippen molar-refractivity contribution in [2.45, 2.75) is 36.6 Å². The van der Waals surface area contributed by atoms with Gasteiger partial charge < -0.3 is 10.3 Å². The van der Waals surface area contributed by atoms with E-state index in [9.17, 15) is 18.0 Å². The van der Waals surface area contributed by atoms with Crippen LogP contribution in [0.15, 0.2) is 34.0 Å². The zero-order valence-electron chi connectivity index (χ0n) is 13.6. The highest BCUT2D eigenvalue weighted by Crippen LogP contribution is 2.26. The zero-order valence-corrected chi connectivity index (χ0v) is 14.4. The second-order valence-corrected chi connectivity index (χ2v) is 8.55. The summed E-state index contributed by atoms with van der Waals surface area (Å²) >= 11 is 0. The van der Waals surface area contributed by atoms with Crippen LogP contribution < -0.4 is 10.9 Å². The van der Waals surface area contributed by atoms with Crippen molar-refractivity contribution in [2.75, 3.05) is 13.1 Å². The lowest BCUT2D eigenvalue weighted by molar-refractivity contribution is 0.0952. The van der Waals surface area contributed by atoms with Crippen molar-refractivity contribution in [3.8, 4) is 0 Å². The number of aromatic nitrogens is 1. The summed E-state index contributed by atoms with van der Waals surface area (Å²) in [4.78, 5) is 27.1. The van der Waals surface area contributed by atoms with Crippen LogP contribution in [0.1, 0.15) is 36.0 Å². The summed E-state index contributed by atoms with van der Waals surface area (Å²) < 4.78 is 27.0. The fourth-order valence-corrected chi connectivity index (χ4v) is 4.69. The number of amides is 1. The van der Waals surface area contributed by atoms with E-state index in [1.807, 2.05) is 0 Å². The molecule has 1 saturated carbocycles. The Balaban J connectivity index is 1.82. The number of aromatic amines is 1. The molecule has 0 bridgehead atoms. The highest BCUT2D eigenvalue weighted by atomic mass is 32.2. The van der Waals surface area contributed by atoms with Gasteiger partial charge in [0.25, 0.3) is 5.91 Å². The Morgan fingerprint density at radius 2 is 1.88 bits per heavy atom. The number of nitrogens with zero attached hydrogens (tertiary/aromatic N) is 1. The van der Waals surface area contributed by atoms with E-state index in [1.54, 1.807) is 6.07 Å². The molecular formula is C17H19N3O4S. The number of benzene rings is 1. The number of carbonyl (C=O) groups is 1. The molecular weight excluding hydrogens is 342 g/mol. The number of sulfonamides is 1. The lowest BCUT2D eigenvalue weighted by Gasteiger charge is -2.16. The number of rotatable bonds is 4. The monoisotopic (exact) mass is 361 g/mol. The van der Waals surface area contributed by atoms with E-state index >= 15 is 0 Å². The average Bonchev–Trinajstić information content (AvgIpc) is 3.21. The molecule has 1 saturated heterocycles. The fraction of sp³-hybridized carbons (Fsp3) is 0.412. The van der Waals surface area contributed by atoms with Crippen molar-refractivity contribution in [3.05, 3.63) is 40.2 Å². The molecule has 2 aromatic rings. The third kappa shape index (κ3) is 3.07. The molecule has 0 spiro atoms. The van der Waals surface area contributed by atoms with Gasteiger partial charge in [-0.1, -0.05) is 0 Å². The molecule has 7 nitrogen and oxygen atoms in total. The number of fused-ring (bicyclic) bond motifs is 1. The van der Waals surface area contributed by atoms with Gasteiger partial charge in [0.1, 0.15) is 0 Å². The summed E-state index contributed by atoms with van der Waals surface area (Å²) in [5, 5.41) is 3.29. The van der Waals surface area contributed by atoms with E-state index in [4.69, 9.17) is 0 Å². The predicted octanol–water partition coefficient (Wildman–Crippen LogP) is 1.20. The summed E-state index contributed by atoms with van der Waals surface area (Å²) in [7, 11) is -3.58. The maximum absolute atomic E-state index is 12.8. The first-order valence-electron chi connectivity index (χ1n) is 8.43. The molecule has 1 aromatic heterocycles. The molecule has 2 heterocycles. The highest BCUT2D eigenvalue weighted by molar-refractivity contribution is 7.89. The third-order valence-electron chi connectivity index (χ3n) is 4.67. The van der Waals surface area contributed by atoms with Crippen molar-refractivity contribution in [1.82, 2.24) is 14.6 Å². The quantitative estimate of drug-likeness (QED) is 0.855. The van der Waals surface area contributed by atoms with Gasteiger partial charge in [-0.2, -0.15) is 4.31 Å². The largest absolute Gasteiger partial charge is 0.349 e. The van der Waals surface area contributed by atoms with Gasteiger partial charge in [-0.15, -0.1) is 0 Å². The molecule has 0 atom stereocenters. The van der Waals surface area contributed by atoms with Crippen molar-refractivity contribution >= 4 is 26.8 Å². The van der Waals surface area contributed by atoms with E-state index < -0.39 is 10.0 Å². The molecule has 2 aliphatic rings. The van der Waals surface area contributed by atoms with Crippen molar-refractivity contribution in [1.29, 1.82) is 0 Å². The van der Waals surface area contributed by atoms with Crippen LogP contribution in [0.4, 0.5) is 0 Å². The first-order valence-corrected chi connectivity index (χ1v) is 9.87. The van der Waals surface area contributed by atoms with Gasteiger partial charge >= 0.3 is 0 Å². The predicted molar refractivity (Wildman–Crippen MR) is 93.0 cm³/mol. The lowest BCUT2D eigenvalue weighted by atomic mass is 10.1. The van der Waals surface area contributed by atoms with E-state index in [1.165, 1.54) is 22.5 Å². The average molecular weight is 361 g/mol. The second-order valence-electron chi connectivity index (χ2n) is 6.61. The van der Waals surface area contributed by atoms with Gasteiger partial charge in [-0.3, -0.25) is 9.59 Å². The standard InChI is InChI=1S/C17H19N3O4S/c21-16-10-14(17(22)18-11-3-4-11)13-9-12(5-6-15(13)19-16)25(23,24)20-7-1-2-8-20/h5-6,9-11H,1-4,7-8H2,(H,18,22)(H,19,21). The summed E-state index contributed by atoms with van der Waals surface area (Å²) in [6.07, 6.45) is 3.58. The van der Waals surface area contributed by atoms with E-state index in [0.29, 0.717) is 24.0 Å². The van der Waals surface area contributed by atoms with E-state index in [2.05, 4.69) is 10.3 Å². The van der Waals surface area contributed by atoms with Crippen LogP contribution >= 0.6 is 0 Å². The first kappa shape index (κ1) is 16.3. The molecule has 8 heteroatoms. The molecule has 2 N–H and O–H groups in total. The van der Waals surface area contributed by atoms with Crippen molar-refractivity contribution in [2.24, 2.45) is 0 Å². The Kier molecular flexibility index (Phi) is 3.88. The minimum absolute atomic E-state index is 0.148. The van der Waals surface area contributed by atoms with Crippen molar-refractivity contribution in [3.63, 3.8) is 0 Å². The first-order chi connectivity index (χ1) is 11.9. The topological polar surface area (TPSA) is 99.3 Å². The van der Waals surface area contributed by atoms with Crippen LogP contribution in [-0.2, 0) is 10.0 Å². The number of nitrogens with one attached hydrogen (secondary N) is 2. The van der Waals surface area contributed by atoms with Crippen molar-refractivity contribution < 1.29 is 13.2 Å². The molecule has 2 fully saturated rings. The summed E-state index contributed by atoms with van der Waals surface area (Å²) in [5.74, 6) is -0.339. The van der Waals surface area contributed by atoms with Gasteiger partial charge in [0, 0.05) is 36.1 Å². The highest BCUT2D eigenvalue weighted by Gasteiger charge is 2.28. The number of hydrogen-bond acceptors (Lipinski definition) is 4. The Labute approximate surface area is 145 Å². The molecule has 0 radical (unpaired) electrons. The molecule has 0 unspecified atom stereocenters. The zero-order chi connectivity index (χ0) is 17.6. The van der Waals surface area contributed by atoms with Gasteiger partial charge in [0.15, 0.2) is 0 Å². The number of H-pyrrole nitrogens is 1. The fourth-order valence-electron chi connectivity index (χ4n) is 3.15. The SMILES string of the molecule is O=C(NC1CC1)c1cc(=O)[nH]c2ccc(S(=O)(=O)N3CCCC3)cc12. The molecule has 1 aromatic carbocycles. The van der Waals surface area contributed by atoms with Gasteiger partial charge in [0.2, 0.25) is 15.6 Å². The summed E-state index contributed by atoms with van der Waals surface area (Å²) in [6, 6.07) is 5.90. The minimum atomic E-state index is -3.58. The maximum atomic E-state index is 12.8. The third-order valence-corrected chi connectivity index (χ3v) is 6.57. The maximum Gasteiger partial charge on any atom is 0.252 e. The van der Waals surface area contributed by atoms with Crippen LogP contribution in [-0.4, -0.2) is 42.7 Å². The molecule has 1 amide bonds. The van der Waals surface area contributed by atoms with E-state index in [-0.39, 0.29) is 28.0 Å². The van der Waals surface area contributed by atoms with E-state index in [0.717, 1.165) is 25.7 Å². The molecule has 132 valence electrons. The summed E-state index contributed by atoms with van der Waals surface area (Å²) in [6.45, 7) is 1.03. The summed E-state index contributed by atoms with van der Waals surface area (Å²) in [5.41, 5.74) is 0.279. The van der Waals surface area contributed by atoms with Crippen LogP contribution in [0.25, 0.3) is 10.9 Å². The minimum Gasteiger partial charge on any atom is -0.349 e. The molecule has 25 heavy (non-hydrogen) atoms. The number of carbonyl (C=O) groups excluding carboxylic acids is 1. The Morgan fingerprint density at radius 3 is 2.56 bits per heavy atom. The van der Waals surface area contributed by atoms with Crippen LogP contribution in [0, 0.1) is 0 Å². The lowest BCUT2D eigenvalue weighted by Crippen LogP contribution is -2.28.